The number of carbonyl (C=O) groups is 2. The third kappa shape index (κ3) is 4.73. The summed E-state index contributed by atoms with van der Waals surface area (Å²) in [7, 11) is 0. The zero-order valence-electron chi connectivity index (χ0n) is 18.3. The second kappa shape index (κ2) is 9.73. The normalized spacial score (nSPS) is 22.8. The summed E-state index contributed by atoms with van der Waals surface area (Å²) < 4.78 is 17.7. The van der Waals surface area contributed by atoms with Gasteiger partial charge in [0, 0.05) is 4.24 Å². The Labute approximate surface area is 201 Å². The molecular formula is C25H25NO5S2. The summed E-state index contributed by atoms with van der Waals surface area (Å²) in [5, 5.41) is 0. The fourth-order valence-corrected chi connectivity index (χ4v) is 6.79. The number of nitrogens with zero attached hydrogens (tertiary/aromatic N) is 1. The maximum absolute atomic E-state index is 13.8. The van der Waals surface area contributed by atoms with E-state index in [0.29, 0.717) is 17.9 Å². The highest BCUT2D eigenvalue weighted by atomic mass is 32.2. The third-order valence-corrected chi connectivity index (χ3v) is 8.49. The third-order valence-electron chi connectivity index (χ3n) is 5.96. The van der Waals surface area contributed by atoms with Crippen molar-refractivity contribution in [1.82, 2.24) is 4.90 Å². The van der Waals surface area contributed by atoms with E-state index in [1.54, 1.807) is 23.5 Å². The van der Waals surface area contributed by atoms with Crippen molar-refractivity contribution < 1.29 is 23.8 Å². The molecule has 2 aromatic carbocycles. The molecule has 2 aromatic rings. The number of hydrogen-bond donors (Lipinski definition) is 0. The number of cyclic esters (lactones) is 1. The molecule has 0 aliphatic carbocycles. The lowest BCUT2D eigenvalue weighted by atomic mass is 9.96. The first kappa shape index (κ1) is 22.2. The predicted molar refractivity (Wildman–Crippen MR) is 129 cm³/mol. The minimum atomic E-state index is -0.584. The number of hydrogen-bond acceptors (Lipinski definition) is 7. The molecule has 0 saturated carbocycles. The van der Waals surface area contributed by atoms with Gasteiger partial charge in [-0.1, -0.05) is 42.5 Å². The Hall–Kier alpha value is -2.58. The number of thioether (sulfide) groups is 2. The Morgan fingerprint density at radius 3 is 2.67 bits per heavy atom. The number of carbonyl (C=O) groups excluding carboxylic acids is 2. The Balaban J connectivity index is 1.41. The van der Waals surface area contributed by atoms with Gasteiger partial charge < -0.3 is 14.2 Å². The van der Waals surface area contributed by atoms with Crippen molar-refractivity contribution in [2.75, 3.05) is 18.3 Å². The smallest absolute Gasteiger partial charge is 0.417 e. The van der Waals surface area contributed by atoms with Gasteiger partial charge in [0.2, 0.25) is 12.7 Å². The molecule has 5 rings (SSSR count). The van der Waals surface area contributed by atoms with Crippen molar-refractivity contribution in [2.45, 2.75) is 31.9 Å². The molecule has 6 nitrogen and oxygen atoms in total. The molecule has 2 fully saturated rings. The summed E-state index contributed by atoms with van der Waals surface area (Å²) >= 11 is 3.55. The van der Waals surface area contributed by atoms with Gasteiger partial charge in [-0.3, -0.25) is 4.79 Å². The zero-order valence-corrected chi connectivity index (χ0v) is 19.9. The first-order chi connectivity index (χ1) is 16.1. The van der Waals surface area contributed by atoms with Gasteiger partial charge in [0.1, 0.15) is 6.10 Å². The van der Waals surface area contributed by atoms with Crippen LogP contribution in [0.2, 0.25) is 0 Å². The lowest BCUT2D eigenvalue weighted by molar-refractivity contribution is -0.131. The van der Waals surface area contributed by atoms with Gasteiger partial charge in [0.15, 0.2) is 11.5 Å². The fourth-order valence-electron chi connectivity index (χ4n) is 4.27. The number of amides is 2. The molecule has 3 atom stereocenters. The molecule has 172 valence electrons. The summed E-state index contributed by atoms with van der Waals surface area (Å²) in [6, 6.07) is 14.9. The van der Waals surface area contributed by atoms with E-state index >= 15 is 0 Å². The van der Waals surface area contributed by atoms with Gasteiger partial charge in [-0.15, -0.1) is 23.5 Å². The molecule has 2 amide bonds. The topological polar surface area (TPSA) is 65.1 Å². The Bertz CT molecular complexity index is 1070. The highest BCUT2D eigenvalue weighted by Gasteiger charge is 2.45. The molecule has 3 aliphatic rings. The summed E-state index contributed by atoms with van der Waals surface area (Å²) in [5.41, 5.74) is 1.85. The molecule has 0 bridgehead atoms. The summed E-state index contributed by atoms with van der Waals surface area (Å²) in [5.74, 6) is 2.77. The molecule has 33 heavy (non-hydrogen) atoms. The number of imide groups is 1. The number of fused-ring (bicyclic) bond motifs is 1. The van der Waals surface area contributed by atoms with Crippen molar-refractivity contribution >= 4 is 35.5 Å². The number of ether oxygens (including phenoxy) is 3. The van der Waals surface area contributed by atoms with Crippen LogP contribution in [0, 0.1) is 5.92 Å². The first-order valence-electron chi connectivity index (χ1n) is 11.0. The first-order valence-corrected chi connectivity index (χ1v) is 13.0. The minimum absolute atomic E-state index is 0.205. The van der Waals surface area contributed by atoms with Crippen LogP contribution < -0.4 is 9.47 Å². The highest BCUT2D eigenvalue weighted by molar-refractivity contribution is 8.22. The van der Waals surface area contributed by atoms with Crippen molar-refractivity contribution in [3.05, 3.63) is 70.0 Å². The van der Waals surface area contributed by atoms with Crippen molar-refractivity contribution in [2.24, 2.45) is 5.92 Å². The predicted octanol–water partition coefficient (Wildman–Crippen LogP) is 5.39. The van der Waals surface area contributed by atoms with E-state index in [1.807, 2.05) is 61.5 Å². The van der Waals surface area contributed by atoms with Gasteiger partial charge in [0.05, 0.1) is 12.0 Å². The molecule has 0 spiro atoms. The minimum Gasteiger partial charge on any atom is -0.454 e. The van der Waals surface area contributed by atoms with Gasteiger partial charge in [0.25, 0.3) is 0 Å². The average molecular weight is 484 g/mol. The van der Waals surface area contributed by atoms with Crippen LogP contribution in [0.3, 0.4) is 0 Å². The quantitative estimate of drug-likeness (QED) is 0.565. The Morgan fingerprint density at radius 2 is 1.88 bits per heavy atom. The molecule has 3 aliphatic heterocycles. The molecule has 0 N–H and O–H groups in total. The Morgan fingerprint density at radius 1 is 1.12 bits per heavy atom. The van der Waals surface area contributed by atoms with Crippen molar-refractivity contribution in [1.29, 1.82) is 0 Å². The van der Waals surface area contributed by atoms with E-state index in [1.165, 1.54) is 4.90 Å². The molecule has 0 radical (unpaired) electrons. The SMILES string of the molecule is C[C@@H]1[C@H](c2ccccc2)OC(=O)N1C(=O)[C@@H](C=C1SCCCS1)Cc1ccc2c(c1)OCO2. The van der Waals surface area contributed by atoms with Gasteiger partial charge >= 0.3 is 6.09 Å². The maximum atomic E-state index is 13.8. The maximum Gasteiger partial charge on any atom is 0.417 e. The van der Waals surface area contributed by atoms with Crippen LogP contribution in [0.25, 0.3) is 0 Å². The van der Waals surface area contributed by atoms with Crippen LogP contribution in [0.5, 0.6) is 11.5 Å². The second-order valence-electron chi connectivity index (χ2n) is 8.20. The van der Waals surface area contributed by atoms with Crippen LogP contribution in [-0.4, -0.2) is 41.2 Å². The van der Waals surface area contributed by atoms with Crippen LogP contribution in [0.1, 0.15) is 30.6 Å². The van der Waals surface area contributed by atoms with E-state index in [2.05, 4.69) is 0 Å². The van der Waals surface area contributed by atoms with Crippen LogP contribution in [0.15, 0.2) is 58.8 Å². The largest absolute Gasteiger partial charge is 0.454 e. The van der Waals surface area contributed by atoms with Crippen LogP contribution in [-0.2, 0) is 16.0 Å². The summed E-state index contributed by atoms with van der Waals surface area (Å²) in [6.45, 7) is 2.08. The number of benzene rings is 2. The fraction of sp³-hybridized carbons (Fsp3) is 0.360. The van der Waals surface area contributed by atoms with E-state index in [4.69, 9.17) is 14.2 Å². The molecule has 0 unspecified atom stereocenters. The average Bonchev–Trinajstić information content (AvgIpc) is 3.42. The second-order valence-corrected chi connectivity index (χ2v) is 10.7. The van der Waals surface area contributed by atoms with Crippen molar-refractivity contribution in [3.63, 3.8) is 0 Å². The van der Waals surface area contributed by atoms with E-state index in [0.717, 1.165) is 33.3 Å². The van der Waals surface area contributed by atoms with E-state index < -0.39 is 24.2 Å². The monoisotopic (exact) mass is 483 g/mol. The lowest BCUT2D eigenvalue weighted by Gasteiger charge is -2.24. The molecule has 3 heterocycles. The van der Waals surface area contributed by atoms with Crippen LogP contribution in [0.4, 0.5) is 4.79 Å². The highest BCUT2D eigenvalue weighted by Crippen LogP contribution is 2.39. The van der Waals surface area contributed by atoms with Gasteiger partial charge in [-0.05, 0) is 54.5 Å². The van der Waals surface area contributed by atoms with E-state index in [-0.39, 0.29) is 12.7 Å². The molecular weight excluding hydrogens is 458 g/mol. The standard InChI is InChI=1S/C25H25NO5S2/c1-16-23(18-6-3-2-4-7-18)31-25(28)26(16)24(27)19(14-22-32-10-5-11-33-22)12-17-8-9-20-21(13-17)30-15-29-20/h2-4,6-9,13-14,16,19,23H,5,10-12,15H2,1H3/t16-,19-,23-/m1/s1. The summed E-state index contributed by atoms with van der Waals surface area (Å²) in [4.78, 5) is 27.9. The van der Waals surface area contributed by atoms with Gasteiger partial charge in [-0.2, -0.15) is 0 Å². The Kier molecular flexibility index (Phi) is 6.55. The molecule has 0 aromatic heterocycles. The lowest BCUT2D eigenvalue weighted by Crippen LogP contribution is -2.41. The summed E-state index contributed by atoms with van der Waals surface area (Å²) in [6.07, 6.45) is 2.59. The molecule has 2 saturated heterocycles. The number of rotatable bonds is 5. The van der Waals surface area contributed by atoms with Gasteiger partial charge in [-0.25, -0.2) is 9.69 Å². The van der Waals surface area contributed by atoms with Crippen molar-refractivity contribution in [3.8, 4) is 11.5 Å². The zero-order chi connectivity index (χ0) is 22.8. The van der Waals surface area contributed by atoms with E-state index in [9.17, 15) is 9.59 Å². The van der Waals surface area contributed by atoms with Crippen LogP contribution >= 0.6 is 23.5 Å². The molecule has 8 heteroatoms.